The molecular weight excluding hydrogens is 262 g/mol. The first-order chi connectivity index (χ1) is 9.20. The normalized spacial score (nSPS) is 13.0. The van der Waals surface area contributed by atoms with E-state index in [1.807, 2.05) is 6.07 Å². The average Bonchev–Trinajstić information content (AvgIpc) is 2.88. The highest BCUT2D eigenvalue weighted by Crippen LogP contribution is 2.27. The Labute approximate surface area is 113 Å². The number of fused-ring (bicyclic) bond motifs is 1. The minimum Gasteiger partial charge on any atom is -0.508 e. The molecule has 6 heteroatoms. The van der Waals surface area contributed by atoms with Crippen LogP contribution in [0.3, 0.4) is 0 Å². The van der Waals surface area contributed by atoms with Crippen molar-refractivity contribution < 1.29 is 5.11 Å². The minimum absolute atomic E-state index is 0.0527. The predicted octanol–water partition coefficient (Wildman–Crippen LogP) is 1.59. The maximum Gasteiger partial charge on any atom is 0.272 e. The first-order valence-electron chi connectivity index (χ1n) is 5.68. The zero-order valence-corrected chi connectivity index (χ0v) is 10.6. The maximum absolute atomic E-state index is 12.2. The second kappa shape index (κ2) is 4.44. The van der Waals surface area contributed by atoms with E-state index in [1.165, 1.54) is 28.5 Å². The van der Waals surface area contributed by atoms with Crippen molar-refractivity contribution in [3.05, 3.63) is 40.2 Å². The number of benzene rings is 1. The first kappa shape index (κ1) is 11.8. The lowest BCUT2D eigenvalue weighted by molar-refractivity contribution is 0.475. The number of phenols is 1. The van der Waals surface area contributed by atoms with E-state index in [1.54, 1.807) is 12.1 Å². The number of aromatic nitrogens is 2. The third kappa shape index (κ3) is 1.88. The van der Waals surface area contributed by atoms with Crippen molar-refractivity contribution in [2.45, 2.75) is 11.7 Å². The van der Waals surface area contributed by atoms with E-state index in [9.17, 15) is 15.2 Å². The Bertz CT molecular complexity index is 744. The van der Waals surface area contributed by atoms with Crippen LogP contribution in [0.5, 0.6) is 5.75 Å². The van der Waals surface area contributed by atoms with E-state index in [4.69, 9.17) is 0 Å². The van der Waals surface area contributed by atoms with Gasteiger partial charge in [0.15, 0.2) is 5.16 Å². The number of thioether (sulfide) groups is 1. The summed E-state index contributed by atoms with van der Waals surface area (Å²) < 4.78 is 1.53. The van der Waals surface area contributed by atoms with Crippen LogP contribution in [0.1, 0.15) is 5.56 Å². The third-order valence-corrected chi connectivity index (χ3v) is 3.89. The summed E-state index contributed by atoms with van der Waals surface area (Å²) in [7, 11) is 0. The molecule has 3 rings (SSSR count). The number of hydrogen-bond donors (Lipinski definition) is 1. The van der Waals surface area contributed by atoms with E-state index in [-0.39, 0.29) is 16.9 Å². The van der Waals surface area contributed by atoms with Gasteiger partial charge >= 0.3 is 0 Å². The summed E-state index contributed by atoms with van der Waals surface area (Å²) in [6.45, 7) is 0.594. The Morgan fingerprint density at radius 3 is 2.79 bits per heavy atom. The Balaban J connectivity index is 2.27. The molecule has 0 bridgehead atoms. The zero-order valence-electron chi connectivity index (χ0n) is 9.83. The van der Waals surface area contributed by atoms with Crippen LogP contribution in [0.4, 0.5) is 0 Å². The van der Waals surface area contributed by atoms with Gasteiger partial charge in [0.1, 0.15) is 17.4 Å². The van der Waals surface area contributed by atoms with Crippen molar-refractivity contribution in [3.8, 4) is 23.1 Å². The topological polar surface area (TPSA) is 78.9 Å². The first-order valence-corrected chi connectivity index (χ1v) is 6.66. The van der Waals surface area contributed by atoms with Crippen LogP contribution >= 0.6 is 11.8 Å². The van der Waals surface area contributed by atoms with Crippen molar-refractivity contribution in [2.75, 3.05) is 5.75 Å². The van der Waals surface area contributed by atoms with Gasteiger partial charge in [0.05, 0.1) is 5.69 Å². The van der Waals surface area contributed by atoms with Crippen LogP contribution < -0.4 is 5.56 Å². The van der Waals surface area contributed by atoms with Crippen LogP contribution in [0.2, 0.25) is 0 Å². The van der Waals surface area contributed by atoms with Crippen molar-refractivity contribution >= 4 is 11.8 Å². The quantitative estimate of drug-likeness (QED) is 0.797. The molecule has 1 aliphatic rings. The number of phenolic OH excluding ortho intramolecular Hbond substituents is 1. The highest BCUT2D eigenvalue weighted by molar-refractivity contribution is 7.99. The number of rotatable bonds is 1. The number of hydrogen-bond acceptors (Lipinski definition) is 5. The van der Waals surface area contributed by atoms with Gasteiger partial charge in [-0.15, -0.1) is 0 Å². The standard InChI is InChI=1S/C13H9N3O2S/c14-7-10-11(8-1-3-9(17)4-2-8)15-13-16(12(10)18)5-6-19-13/h1-4,17H,5-6H2. The summed E-state index contributed by atoms with van der Waals surface area (Å²) in [6, 6.07) is 8.25. The number of nitriles is 1. The molecule has 0 radical (unpaired) electrons. The SMILES string of the molecule is N#Cc1c(-c2ccc(O)cc2)nc2n(c1=O)CCS2. The summed E-state index contributed by atoms with van der Waals surface area (Å²) >= 11 is 1.51. The monoisotopic (exact) mass is 271 g/mol. The van der Waals surface area contributed by atoms with E-state index in [0.29, 0.717) is 23.0 Å². The molecule has 1 aromatic carbocycles. The number of nitrogens with zero attached hydrogens (tertiary/aromatic N) is 3. The Morgan fingerprint density at radius 2 is 2.11 bits per heavy atom. The Kier molecular flexibility index (Phi) is 2.76. The van der Waals surface area contributed by atoms with E-state index < -0.39 is 0 Å². The van der Waals surface area contributed by atoms with Gasteiger partial charge in [-0.1, -0.05) is 11.8 Å². The summed E-state index contributed by atoms with van der Waals surface area (Å²) in [5.41, 5.74) is 0.799. The second-order valence-electron chi connectivity index (χ2n) is 4.08. The summed E-state index contributed by atoms with van der Waals surface area (Å²) in [5.74, 6) is 0.932. The summed E-state index contributed by atoms with van der Waals surface area (Å²) in [4.78, 5) is 16.6. The molecule has 0 atom stereocenters. The van der Waals surface area contributed by atoms with Gasteiger partial charge in [-0.2, -0.15) is 5.26 Å². The van der Waals surface area contributed by atoms with Gasteiger partial charge in [-0.25, -0.2) is 4.98 Å². The molecule has 0 unspecified atom stereocenters. The van der Waals surface area contributed by atoms with Crippen LogP contribution in [0.25, 0.3) is 11.3 Å². The summed E-state index contributed by atoms with van der Waals surface area (Å²) in [5, 5.41) is 19.1. The fourth-order valence-corrected chi connectivity index (χ4v) is 2.94. The van der Waals surface area contributed by atoms with Gasteiger partial charge in [0.2, 0.25) is 0 Å². The number of aromatic hydroxyl groups is 1. The van der Waals surface area contributed by atoms with Crippen molar-refractivity contribution in [1.82, 2.24) is 9.55 Å². The fraction of sp³-hybridized carbons (Fsp3) is 0.154. The maximum atomic E-state index is 12.2. The molecular formula is C13H9N3O2S. The molecule has 2 heterocycles. The lowest BCUT2D eigenvalue weighted by Gasteiger charge is -2.07. The van der Waals surface area contributed by atoms with Gasteiger partial charge < -0.3 is 5.11 Å². The molecule has 94 valence electrons. The molecule has 1 aromatic heterocycles. The van der Waals surface area contributed by atoms with E-state index >= 15 is 0 Å². The molecule has 1 N–H and O–H groups in total. The summed E-state index contributed by atoms with van der Waals surface area (Å²) in [6.07, 6.45) is 0. The lowest BCUT2D eigenvalue weighted by atomic mass is 10.1. The van der Waals surface area contributed by atoms with Gasteiger partial charge in [0, 0.05) is 17.9 Å². The minimum atomic E-state index is -0.291. The second-order valence-corrected chi connectivity index (χ2v) is 5.14. The molecule has 0 saturated carbocycles. The largest absolute Gasteiger partial charge is 0.508 e. The third-order valence-electron chi connectivity index (χ3n) is 2.93. The molecule has 19 heavy (non-hydrogen) atoms. The van der Waals surface area contributed by atoms with E-state index in [0.717, 1.165) is 5.75 Å². The molecule has 0 aliphatic carbocycles. The van der Waals surface area contributed by atoms with Crippen molar-refractivity contribution in [2.24, 2.45) is 0 Å². The van der Waals surface area contributed by atoms with Gasteiger partial charge in [0.25, 0.3) is 5.56 Å². The van der Waals surface area contributed by atoms with Gasteiger partial charge in [-0.05, 0) is 24.3 Å². The molecule has 5 nitrogen and oxygen atoms in total. The predicted molar refractivity (Wildman–Crippen MR) is 71.0 cm³/mol. The molecule has 2 aromatic rings. The molecule has 0 fully saturated rings. The zero-order chi connectivity index (χ0) is 13.4. The average molecular weight is 271 g/mol. The van der Waals surface area contributed by atoms with E-state index in [2.05, 4.69) is 4.98 Å². The van der Waals surface area contributed by atoms with Crippen LogP contribution in [0.15, 0.2) is 34.2 Å². The van der Waals surface area contributed by atoms with Crippen LogP contribution in [0, 0.1) is 11.3 Å². The molecule has 0 spiro atoms. The highest BCUT2D eigenvalue weighted by Gasteiger charge is 2.21. The highest BCUT2D eigenvalue weighted by atomic mass is 32.2. The van der Waals surface area contributed by atoms with Crippen LogP contribution in [-0.2, 0) is 6.54 Å². The van der Waals surface area contributed by atoms with Crippen molar-refractivity contribution in [1.29, 1.82) is 5.26 Å². The Morgan fingerprint density at radius 1 is 1.37 bits per heavy atom. The lowest BCUT2D eigenvalue weighted by Crippen LogP contribution is -2.24. The molecule has 0 amide bonds. The van der Waals surface area contributed by atoms with Crippen molar-refractivity contribution in [3.63, 3.8) is 0 Å². The Hall–Kier alpha value is -2.26. The van der Waals surface area contributed by atoms with Gasteiger partial charge in [-0.3, -0.25) is 9.36 Å². The smallest absolute Gasteiger partial charge is 0.272 e. The molecule has 1 aliphatic heterocycles. The fourth-order valence-electron chi connectivity index (χ4n) is 2.00. The molecule has 0 saturated heterocycles. The van der Waals surface area contributed by atoms with Crippen LogP contribution in [-0.4, -0.2) is 20.4 Å².